The number of piperidine rings is 1. The first kappa shape index (κ1) is 12.8. The molecule has 0 aromatic rings. The molecule has 16 heavy (non-hydrogen) atoms. The van der Waals surface area contributed by atoms with Gasteiger partial charge in [-0.05, 0) is 32.1 Å². The Morgan fingerprint density at radius 3 is 2.50 bits per heavy atom. The number of esters is 1. The molecule has 92 valence electrons. The third-order valence-electron chi connectivity index (χ3n) is 2.95. The predicted molar refractivity (Wildman–Crippen MR) is 58.2 cm³/mol. The van der Waals surface area contributed by atoms with Gasteiger partial charge < -0.3 is 14.7 Å². The molecular formula is C11H19NO4. The van der Waals surface area contributed by atoms with Crippen LogP contribution in [0.15, 0.2) is 0 Å². The van der Waals surface area contributed by atoms with Crippen LogP contribution in [0.25, 0.3) is 0 Å². The maximum atomic E-state index is 11.1. The molecule has 0 aromatic carbocycles. The van der Waals surface area contributed by atoms with Crippen LogP contribution >= 0.6 is 0 Å². The first-order chi connectivity index (χ1) is 7.63. The van der Waals surface area contributed by atoms with E-state index in [1.54, 1.807) is 6.92 Å². The summed E-state index contributed by atoms with van der Waals surface area (Å²) in [6.07, 6.45) is 2.12. The van der Waals surface area contributed by atoms with Crippen LogP contribution in [0, 0.1) is 5.92 Å². The number of carbonyl (C=O) groups is 2. The van der Waals surface area contributed by atoms with Gasteiger partial charge in [-0.1, -0.05) is 0 Å². The van der Waals surface area contributed by atoms with Gasteiger partial charge in [-0.3, -0.25) is 4.79 Å². The molecule has 5 nitrogen and oxygen atoms in total. The lowest BCUT2D eigenvalue weighted by Crippen LogP contribution is -2.37. The molecule has 0 aliphatic carbocycles. The smallest absolute Gasteiger partial charge is 0.407 e. The molecule has 1 aliphatic rings. The van der Waals surface area contributed by atoms with E-state index in [1.807, 2.05) is 0 Å². The molecule has 1 amide bonds. The summed E-state index contributed by atoms with van der Waals surface area (Å²) in [4.78, 5) is 23.2. The molecule has 0 aromatic heterocycles. The zero-order valence-corrected chi connectivity index (χ0v) is 9.65. The Morgan fingerprint density at radius 2 is 2.00 bits per heavy atom. The van der Waals surface area contributed by atoms with Crippen LogP contribution in [0.1, 0.15) is 32.6 Å². The average Bonchev–Trinajstić information content (AvgIpc) is 2.27. The SMILES string of the molecule is CCOC(=O)CCC1CCN(C(=O)O)CC1. The zero-order chi connectivity index (χ0) is 12.0. The molecule has 1 N–H and O–H groups in total. The Morgan fingerprint density at radius 1 is 1.38 bits per heavy atom. The van der Waals surface area contributed by atoms with E-state index >= 15 is 0 Å². The minimum Gasteiger partial charge on any atom is -0.466 e. The van der Waals surface area contributed by atoms with Crippen molar-refractivity contribution < 1.29 is 19.4 Å². The van der Waals surface area contributed by atoms with Gasteiger partial charge in [0.25, 0.3) is 0 Å². The minimum absolute atomic E-state index is 0.150. The molecule has 0 saturated carbocycles. The van der Waals surface area contributed by atoms with Gasteiger partial charge in [-0.15, -0.1) is 0 Å². The third-order valence-corrected chi connectivity index (χ3v) is 2.95. The summed E-state index contributed by atoms with van der Waals surface area (Å²) < 4.78 is 4.85. The summed E-state index contributed by atoms with van der Waals surface area (Å²) in [5.74, 6) is 0.308. The summed E-state index contributed by atoms with van der Waals surface area (Å²) in [5.41, 5.74) is 0. The molecule has 0 unspecified atom stereocenters. The van der Waals surface area contributed by atoms with Crippen LogP contribution in [0.4, 0.5) is 4.79 Å². The first-order valence-corrected chi connectivity index (χ1v) is 5.77. The van der Waals surface area contributed by atoms with E-state index in [0.29, 0.717) is 32.0 Å². The van der Waals surface area contributed by atoms with Gasteiger partial charge in [0.1, 0.15) is 0 Å². The summed E-state index contributed by atoms with van der Waals surface area (Å²) >= 11 is 0. The average molecular weight is 229 g/mol. The maximum Gasteiger partial charge on any atom is 0.407 e. The van der Waals surface area contributed by atoms with Crippen molar-refractivity contribution >= 4 is 12.1 Å². The topological polar surface area (TPSA) is 66.8 Å². The number of hydrogen-bond donors (Lipinski definition) is 1. The number of likely N-dealkylation sites (tertiary alicyclic amines) is 1. The normalized spacial score (nSPS) is 17.2. The van der Waals surface area contributed by atoms with E-state index in [4.69, 9.17) is 9.84 Å². The summed E-state index contributed by atoms with van der Waals surface area (Å²) in [5, 5.41) is 8.76. The zero-order valence-electron chi connectivity index (χ0n) is 9.65. The van der Waals surface area contributed by atoms with Crippen molar-refractivity contribution in [1.82, 2.24) is 4.90 Å². The molecule has 1 saturated heterocycles. The van der Waals surface area contributed by atoms with Crippen molar-refractivity contribution in [3.8, 4) is 0 Å². The Hall–Kier alpha value is -1.26. The van der Waals surface area contributed by atoms with Crippen LogP contribution in [0.2, 0.25) is 0 Å². The van der Waals surface area contributed by atoms with Crippen molar-refractivity contribution in [2.24, 2.45) is 5.92 Å². The first-order valence-electron chi connectivity index (χ1n) is 5.77. The number of carboxylic acid groups (broad SMARTS) is 1. The van der Waals surface area contributed by atoms with E-state index in [9.17, 15) is 9.59 Å². The van der Waals surface area contributed by atoms with Crippen LogP contribution in [0.5, 0.6) is 0 Å². The highest BCUT2D eigenvalue weighted by atomic mass is 16.5. The van der Waals surface area contributed by atoms with Crippen molar-refractivity contribution in [2.45, 2.75) is 32.6 Å². The lowest BCUT2D eigenvalue weighted by atomic mass is 9.92. The molecule has 0 atom stereocenters. The van der Waals surface area contributed by atoms with E-state index < -0.39 is 6.09 Å². The lowest BCUT2D eigenvalue weighted by molar-refractivity contribution is -0.143. The molecule has 5 heteroatoms. The number of nitrogens with zero attached hydrogens (tertiary/aromatic N) is 1. The van der Waals surface area contributed by atoms with Gasteiger partial charge in [-0.25, -0.2) is 4.79 Å². The second-order valence-corrected chi connectivity index (χ2v) is 4.06. The summed E-state index contributed by atoms with van der Waals surface area (Å²) in [7, 11) is 0. The molecule has 0 spiro atoms. The molecule has 1 rings (SSSR count). The van der Waals surface area contributed by atoms with E-state index in [0.717, 1.165) is 19.3 Å². The van der Waals surface area contributed by atoms with Crippen LogP contribution in [-0.4, -0.2) is 41.8 Å². The molecule has 0 radical (unpaired) electrons. The fraction of sp³-hybridized carbons (Fsp3) is 0.818. The van der Waals surface area contributed by atoms with E-state index in [1.165, 1.54) is 4.90 Å². The van der Waals surface area contributed by atoms with Crippen LogP contribution < -0.4 is 0 Å². The highest BCUT2D eigenvalue weighted by Crippen LogP contribution is 2.21. The number of hydrogen-bond acceptors (Lipinski definition) is 3. The Labute approximate surface area is 95.4 Å². The second-order valence-electron chi connectivity index (χ2n) is 4.06. The number of carbonyl (C=O) groups excluding carboxylic acids is 1. The maximum absolute atomic E-state index is 11.1. The van der Waals surface area contributed by atoms with Gasteiger partial charge in [0.15, 0.2) is 0 Å². The number of ether oxygens (including phenoxy) is 1. The van der Waals surface area contributed by atoms with Crippen molar-refractivity contribution in [1.29, 1.82) is 0 Å². The van der Waals surface area contributed by atoms with Crippen molar-refractivity contribution in [2.75, 3.05) is 19.7 Å². The van der Waals surface area contributed by atoms with Gasteiger partial charge in [0.2, 0.25) is 0 Å². The Balaban J connectivity index is 2.17. The van der Waals surface area contributed by atoms with E-state index in [2.05, 4.69) is 0 Å². The van der Waals surface area contributed by atoms with E-state index in [-0.39, 0.29) is 5.97 Å². The largest absolute Gasteiger partial charge is 0.466 e. The van der Waals surface area contributed by atoms with Crippen molar-refractivity contribution in [3.05, 3.63) is 0 Å². The summed E-state index contributed by atoms with van der Waals surface area (Å²) in [6, 6.07) is 0. The molecule has 1 fully saturated rings. The van der Waals surface area contributed by atoms with Crippen LogP contribution in [0.3, 0.4) is 0 Å². The standard InChI is InChI=1S/C11H19NO4/c1-2-16-10(13)4-3-9-5-7-12(8-6-9)11(14)15/h9H,2-8H2,1H3,(H,14,15). The van der Waals surface area contributed by atoms with Gasteiger partial charge in [0, 0.05) is 19.5 Å². The highest BCUT2D eigenvalue weighted by molar-refractivity contribution is 5.69. The minimum atomic E-state index is -0.844. The monoisotopic (exact) mass is 229 g/mol. The molecule has 1 heterocycles. The van der Waals surface area contributed by atoms with Gasteiger partial charge in [-0.2, -0.15) is 0 Å². The number of amides is 1. The van der Waals surface area contributed by atoms with Gasteiger partial charge in [0.05, 0.1) is 6.61 Å². The fourth-order valence-electron chi connectivity index (χ4n) is 1.97. The second kappa shape index (κ2) is 6.35. The molecular weight excluding hydrogens is 210 g/mol. The molecule has 1 aliphatic heterocycles. The summed E-state index contributed by atoms with van der Waals surface area (Å²) in [6.45, 7) is 3.39. The Kier molecular flexibility index (Phi) is 5.08. The quantitative estimate of drug-likeness (QED) is 0.745. The molecule has 0 bridgehead atoms. The van der Waals surface area contributed by atoms with Crippen LogP contribution in [-0.2, 0) is 9.53 Å². The third kappa shape index (κ3) is 4.08. The highest BCUT2D eigenvalue weighted by Gasteiger charge is 2.22. The predicted octanol–water partition coefficient (Wildman–Crippen LogP) is 1.72. The van der Waals surface area contributed by atoms with Gasteiger partial charge >= 0.3 is 12.1 Å². The fourth-order valence-corrected chi connectivity index (χ4v) is 1.97. The van der Waals surface area contributed by atoms with Crippen molar-refractivity contribution in [3.63, 3.8) is 0 Å². The number of rotatable bonds is 4. The lowest BCUT2D eigenvalue weighted by Gasteiger charge is -2.29. The Bertz CT molecular complexity index is 246.